The highest BCUT2D eigenvalue weighted by molar-refractivity contribution is 6.36. The lowest BCUT2D eigenvalue weighted by molar-refractivity contribution is -0.140. The van der Waals surface area contributed by atoms with E-state index in [1.54, 1.807) is 0 Å². The van der Waals surface area contributed by atoms with Crippen molar-refractivity contribution in [3.05, 3.63) is 0 Å². The summed E-state index contributed by atoms with van der Waals surface area (Å²) in [6, 6.07) is 0. The Morgan fingerprint density at radius 1 is 1.50 bits per heavy atom. The summed E-state index contributed by atoms with van der Waals surface area (Å²) >= 11 is 16.9. The van der Waals surface area contributed by atoms with Crippen LogP contribution in [-0.2, 0) is 9.53 Å². The first-order valence-corrected chi connectivity index (χ1v) is 4.96. The number of esters is 1. The molecule has 12 heavy (non-hydrogen) atoms. The fraction of sp³-hybridized carbons (Fsp3) is 0.857. The van der Waals surface area contributed by atoms with Gasteiger partial charge in [0.15, 0.2) is 0 Å². The van der Waals surface area contributed by atoms with E-state index in [4.69, 9.17) is 34.8 Å². The van der Waals surface area contributed by atoms with Crippen molar-refractivity contribution in [2.75, 3.05) is 13.0 Å². The minimum atomic E-state index is -0.778. The molecule has 0 aliphatic carbocycles. The van der Waals surface area contributed by atoms with Crippen LogP contribution in [0.5, 0.6) is 0 Å². The van der Waals surface area contributed by atoms with Crippen LogP contribution in [0.1, 0.15) is 12.8 Å². The topological polar surface area (TPSA) is 26.3 Å². The van der Waals surface area contributed by atoms with Crippen molar-refractivity contribution >= 4 is 40.8 Å². The van der Waals surface area contributed by atoms with Gasteiger partial charge in [-0.3, -0.25) is 4.79 Å². The standard InChI is InChI=1S/C7H11Cl3O2/c1-12-7(11)6(10)5(9)3-2-4-8/h5-6H,2-4H2,1H3. The van der Waals surface area contributed by atoms with Gasteiger partial charge < -0.3 is 4.74 Å². The second-order valence-electron chi connectivity index (χ2n) is 2.27. The number of hydrogen-bond acceptors (Lipinski definition) is 2. The summed E-state index contributed by atoms with van der Waals surface area (Å²) in [5.41, 5.74) is 0. The molecule has 0 N–H and O–H groups in total. The molecule has 0 fully saturated rings. The maximum atomic E-state index is 10.8. The minimum Gasteiger partial charge on any atom is -0.468 e. The van der Waals surface area contributed by atoms with Crippen LogP contribution in [0.15, 0.2) is 0 Å². The maximum Gasteiger partial charge on any atom is 0.325 e. The lowest BCUT2D eigenvalue weighted by Crippen LogP contribution is -2.26. The molecular weight excluding hydrogens is 222 g/mol. The van der Waals surface area contributed by atoms with E-state index in [-0.39, 0.29) is 0 Å². The second-order valence-corrected chi connectivity index (χ2v) is 3.68. The number of hydrogen-bond donors (Lipinski definition) is 0. The van der Waals surface area contributed by atoms with Crippen LogP contribution in [0.25, 0.3) is 0 Å². The Labute approximate surface area is 87.1 Å². The zero-order valence-electron chi connectivity index (χ0n) is 6.73. The third kappa shape index (κ3) is 4.39. The maximum absolute atomic E-state index is 10.8. The second kappa shape index (κ2) is 6.81. The van der Waals surface area contributed by atoms with Gasteiger partial charge in [-0.2, -0.15) is 0 Å². The molecule has 0 aromatic heterocycles. The van der Waals surface area contributed by atoms with E-state index in [0.29, 0.717) is 12.3 Å². The molecule has 0 aliphatic rings. The molecule has 72 valence electrons. The Balaban J connectivity index is 3.75. The lowest BCUT2D eigenvalue weighted by atomic mass is 10.2. The molecule has 2 atom stereocenters. The third-order valence-electron chi connectivity index (χ3n) is 1.36. The van der Waals surface area contributed by atoms with Gasteiger partial charge in [-0.25, -0.2) is 0 Å². The predicted molar refractivity (Wildman–Crippen MR) is 51.3 cm³/mol. The summed E-state index contributed by atoms with van der Waals surface area (Å²) in [4.78, 5) is 10.8. The van der Waals surface area contributed by atoms with Crippen molar-refractivity contribution < 1.29 is 9.53 Å². The SMILES string of the molecule is COC(=O)C(Cl)C(Cl)CCCCl. The van der Waals surface area contributed by atoms with Gasteiger partial charge in [0.2, 0.25) is 0 Å². The van der Waals surface area contributed by atoms with Crippen molar-refractivity contribution in [3.63, 3.8) is 0 Å². The number of methoxy groups -OCH3 is 1. The lowest BCUT2D eigenvalue weighted by Gasteiger charge is -2.12. The van der Waals surface area contributed by atoms with E-state index in [0.717, 1.165) is 6.42 Å². The van der Waals surface area contributed by atoms with Gasteiger partial charge in [0.25, 0.3) is 0 Å². The summed E-state index contributed by atoms with van der Waals surface area (Å²) in [5, 5.41) is -1.18. The fourth-order valence-electron chi connectivity index (χ4n) is 0.679. The highest BCUT2D eigenvalue weighted by Crippen LogP contribution is 2.17. The minimum absolute atomic E-state index is 0.405. The highest BCUT2D eigenvalue weighted by Gasteiger charge is 2.24. The van der Waals surface area contributed by atoms with Gasteiger partial charge >= 0.3 is 5.97 Å². The number of carbonyl (C=O) groups is 1. The van der Waals surface area contributed by atoms with Crippen LogP contribution >= 0.6 is 34.8 Å². The van der Waals surface area contributed by atoms with E-state index in [2.05, 4.69) is 4.74 Å². The van der Waals surface area contributed by atoms with Crippen molar-refractivity contribution in [3.8, 4) is 0 Å². The average Bonchev–Trinajstić information content (AvgIpc) is 2.11. The fourth-order valence-corrected chi connectivity index (χ4v) is 1.31. The number of rotatable bonds is 5. The molecule has 5 heteroatoms. The Bertz CT molecular complexity index is 141. The Morgan fingerprint density at radius 3 is 2.50 bits per heavy atom. The summed E-state index contributed by atoms with van der Waals surface area (Å²) in [5.74, 6) is 0.0276. The summed E-state index contributed by atoms with van der Waals surface area (Å²) in [6.07, 6.45) is 1.37. The molecule has 0 heterocycles. The first-order chi connectivity index (χ1) is 5.63. The Morgan fingerprint density at radius 2 is 2.08 bits per heavy atom. The molecule has 2 nitrogen and oxygen atoms in total. The van der Waals surface area contributed by atoms with Crippen LogP contribution in [0.4, 0.5) is 0 Å². The summed E-state index contributed by atoms with van der Waals surface area (Å²) < 4.78 is 4.42. The van der Waals surface area contributed by atoms with Crippen LogP contribution in [0.3, 0.4) is 0 Å². The predicted octanol–water partition coefficient (Wildman–Crippen LogP) is 2.39. The Kier molecular flexibility index (Phi) is 7.01. The third-order valence-corrected chi connectivity index (χ3v) is 2.71. The van der Waals surface area contributed by atoms with Gasteiger partial charge in [0.1, 0.15) is 5.38 Å². The zero-order chi connectivity index (χ0) is 9.56. The molecule has 0 aromatic rings. The number of ether oxygens (including phenoxy) is 1. The molecule has 2 unspecified atom stereocenters. The molecule has 0 radical (unpaired) electrons. The van der Waals surface area contributed by atoms with E-state index >= 15 is 0 Å². The molecule has 0 amide bonds. The van der Waals surface area contributed by atoms with Crippen molar-refractivity contribution in [2.45, 2.75) is 23.6 Å². The molecule has 0 bridgehead atoms. The molecule has 0 aromatic carbocycles. The molecule has 0 saturated heterocycles. The molecule has 0 spiro atoms. The van der Waals surface area contributed by atoms with Crippen LogP contribution < -0.4 is 0 Å². The number of halogens is 3. The van der Waals surface area contributed by atoms with Gasteiger partial charge in [-0.05, 0) is 12.8 Å². The monoisotopic (exact) mass is 232 g/mol. The van der Waals surface area contributed by atoms with Crippen LogP contribution in [-0.4, -0.2) is 29.7 Å². The van der Waals surface area contributed by atoms with E-state index < -0.39 is 16.7 Å². The average molecular weight is 234 g/mol. The quantitative estimate of drug-likeness (QED) is 0.538. The normalized spacial score (nSPS) is 15.3. The Hall–Kier alpha value is 0.340. The van der Waals surface area contributed by atoms with E-state index in [1.165, 1.54) is 7.11 Å². The van der Waals surface area contributed by atoms with E-state index in [1.807, 2.05) is 0 Å². The number of carbonyl (C=O) groups excluding carboxylic acids is 1. The molecule has 0 aliphatic heterocycles. The summed E-state index contributed by atoms with van der Waals surface area (Å²) in [6.45, 7) is 0. The van der Waals surface area contributed by atoms with Crippen LogP contribution in [0, 0.1) is 0 Å². The van der Waals surface area contributed by atoms with Gasteiger partial charge in [0, 0.05) is 5.88 Å². The first kappa shape index (κ1) is 12.3. The largest absolute Gasteiger partial charge is 0.468 e. The molecule has 0 saturated carbocycles. The van der Waals surface area contributed by atoms with Gasteiger partial charge in [-0.1, -0.05) is 0 Å². The van der Waals surface area contributed by atoms with Crippen molar-refractivity contribution in [1.82, 2.24) is 0 Å². The van der Waals surface area contributed by atoms with Crippen molar-refractivity contribution in [2.24, 2.45) is 0 Å². The molecular formula is C7H11Cl3O2. The first-order valence-electron chi connectivity index (χ1n) is 3.55. The van der Waals surface area contributed by atoms with E-state index in [9.17, 15) is 4.79 Å². The summed E-state index contributed by atoms with van der Waals surface area (Å²) in [7, 11) is 1.28. The highest BCUT2D eigenvalue weighted by atomic mass is 35.5. The number of alkyl halides is 3. The zero-order valence-corrected chi connectivity index (χ0v) is 8.99. The van der Waals surface area contributed by atoms with Gasteiger partial charge in [0.05, 0.1) is 12.5 Å². The molecule has 0 rings (SSSR count). The van der Waals surface area contributed by atoms with Crippen molar-refractivity contribution in [1.29, 1.82) is 0 Å². The smallest absolute Gasteiger partial charge is 0.325 e. The van der Waals surface area contributed by atoms with Crippen LogP contribution in [0.2, 0.25) is 0 Å². The van der Waals surface area contributed by atoms with Gasteiger partial charge in [-0.15, -0.1) is 34.8 Å².